The fraction of sp³-hybridized carbons (Fsp3) is 0.517. The predicted octanol–water partition coefficient (Wildman–Crippen LogP) is 5.43. The van der Waals surface area contributed by atoms with Crippen LogP contribution in [0.2, 0.25) is 0 Å². The molecular formula is C29H37FN4O3. The van der Waals surface area contributed by atoms with Crippen LogP contribution >= 0.6 is 0 Å². The molecule has 3 aromatic rings. The third-order valence-electron chi connectivity index (χ3n) is 7.25. The van der Waals surface area contributed by atoms with Crippen molar-refractivity contribution < 1.29 is 18.7 Å². The highest BCUT2D eigenvalue weighted by Crippen LogP contribution is 2.25. The summed E-state index contributed by atoms with van der Waals surface area (Å²) in [7, 11) is 1.80. The summed E-state index contributed by atoms with van der Waals surface area (Å²) in [5.74, 6) is -0.488. The normalized spacial score (nSPS) is 16.3. The van der Waals surface area contributed by atoms with Gasteiger partial charge in [0.05, 0.1) is 11.8 Å². The van der Waals surface area contributed by atoms with Crippen LogP contribution < -0.4 is 0 Å². The van der Waals surface area contributed by atoms with Crippen LogP contribution in [0.1, 0.15) is 81.0 Å². The fourth-order valence-corrected chi connectivity index (χ4v) is 4.91. The highest BCUT2D eigenvalue weighted by atomic mass is 19.1. The van der Waals surface area contributed by atoms with Crippen LogP contribution in [0.4, 0.5) is 4.39 Å². The van der Waals surface area contributed by atoms with Gasteiger partial charge in [-0.15, -0.1) is 0 Å². The molecule has 0 saturated carbocycles. The molecule has 8 heteroatoms. The third-order valence-corrected chi connectivity index (χ3v) is 7.25. The average molecular weight is 509 g/mol. The van der Waals surface area contributed by atoms with Gasteiger partial charge in [-0.3, -0.25) is 9.59 Å². The van der Waals surface area contributed by atoms with Crippen molar-refractivity contribution in [2.45, 2.75) is 84.3 Å². The second-order valence-electron chi connectivity index (χ2n) is 10.0. The Morgan fingerprint density at radius 3 is 2.73 bits per heavy atom. The molecule has 3 heterocycles. The van der Waals surface area contributed by atoms with Crippen LogP contribution in [0.3, 0.4) is 0 Å². The van der Waals surface area contributed by atoms with Crippen molar-refractivity contribution in [1.29, 1.82) is 0 Å². The van der Waals surface area contributed by atoms with Crippen molar-refractivity contribution in [3.05, 3.63) is 53.1 Å². The minimum atomic E-state index is -0.435. The summed E-state index contributed by atoms with van der Waals surface area (Å²) in [4.78, 5) is 31.8. The van der Waals surface area contributed by atoms with E-state index in [-0.39, 0.29) is 30.3 Å². The highest BCUT2D eigenvalue weighted by Gasteiger charge is 2.22. The summed E-state index contributed by atoms with van der Waals surface area (Å²) in [6, 6.07) is 8.43. The van der Waals surface area contributed by atoms with E-state index in [1.54, 1.807) is 40.7 Å². The first kappa shape index (κ1) is 26.9. The number of amides is 1. The van der Waals surface area contributed by atoms with E-state index in [1.165, 1.54) is 6.07 Å². The van der Waals surface area contributed by atoms with Gasteiger partial charge >= 0.3 is 0 Å². The van der Waals surface area contributed by atoms with Gasteiger partial charge < -0.3 is 9.64 Å². The summed E-state index contributed by atoms with van der Waals surface area (Å²) >= 11 is 0. The Hall–Kier alpha value is -3.13. The van der Waals surface area contributed by atoms with Gasteiger partial charge in [0.15, 0.2) is 5.65 Å². The van der Waals surface area contributed by atoms with Crippen molar-refractivity contribution in [3.63, 3.8) is 0 Å². The maximum absolute atomic E-state index is 15.1. The lowest BCUT2D eigenvalue weighted by molar-refractivity contribution is -0.119. The number of fused-ring (bicyclic) bond motifs is 1. The number of nitrogens with zero attached hydrogens (tertiary/aromatic N) is 4. The number of Topliss-reactive ketones (excluding diaryl/α,β-unsaturated/α-hetero) is 1. The van der Waals surface area contributed by atoms with Gasteiger partial charge in [-0.05, 0) is 62.8 Å². The molecule has 0 aliphatic carbocycles. The molecule has 0 bridgehead atoms. The number of benzene rings is 1. The van der Waals surface area contributed by atoms with Crippen molar-refractivity contribution >= 4 is 17.3 Å². The zero-order chi connectivity index (χ0) is 26.5. The molecule has 1 aromatic carbocycles. The lowest BCUT2D eigenvalue weighted by Crippen LogP contribution is -2.35. The first-order valence-electron chi connectivity index (χ1n) is 13.4. The molecule has 2 aromatic heterocycles. The van der Waals surface area contributed by atoms with Crippen molar-refractivity contribution in [3.8, 4) is 11.3 Å². The Bertz CT molecular complexity index is 1270. The Labute approximate surface area is 218 Å². The summed E-state index contributed by atoms with van der Waals surface area (Å²) in [6.45, 7) is 6.88. The number of ether oxygens (including phenoxy) is 1. The van der Waals surface area contributed by atoms with E-state index in [0.29, 0.717) is 41.0 Å². The van der Waals surface area contributed by atoms with Crippen LogP contribution in [0.5, 0.6) is 0 Å². The average Bonchev–Trinajstić information content (AvgIpc) is 3.56. The van der Waals surface area contributed by atoms with Gasteiger partial charge in [0.25, 0.3) is 5.91 Å². The van der Waals surface area contributed by atoms with Crippen LogP contribution in [0, 0.1) is 5.82 Å². The standard InChI is InChI=1S/C29H37FN4O3/c1-5-8-19(3)33(4)29(36)27-17-21(6-2)34-28(31-27)18-26(32-34)24-13-10-20(16-25(24)30)15-22(35)11-12-23-9-7-14-37-23/h10,13,16-19,23H,5-9,11-12,14-15H2,1-4H3. The van der Waals surface area contributed by atoms with Crippen LogP contribution in [0.25, 0.3) is 16.9 Å². The molecule has 1 amide bonds. The van der Waals surface area contributed by atoms with Gasteiger partial charge in [-0.25, -0.2) is 13.9 Å². The van der Waals surface area contributed by atoms with Crippen molar-refractivity contribution in [1.82, 2.24) is 19.5 Å². The first-order chi connectivity index (χ1) is 17.8. The number of aromatic nitrogens is 3. The van der Waals surface area contributed by atoms with E-state index in [4.69, 9.17) is 4.74 Å². The molecule has 0 N–H and O–H groups in total. The molecule has 1 aliphatic heterocycles. The summed E-state index contributed by atoms with van der Waals surface area (Å²) in [6.07, 6.45) is 6.16. The second-order valence-corrected chi connectivity index (χ2v) is 10.0. The molecule has 7 nitrogen and oxygen atoms in total. The van der Waals surface area contributed by atoms with Crippen LogP contribution in [-0.2, 0) is 22.4 Å². The van der Waals surface area contributed by atoms with Gasteiger partial charge in [0, 0.05) is 49.9 Å². The number of halogens is 1. The van der Waals surface area contributed by atoms with E-state index < -0.39 is 5.82 Å². The minimum absolute atomic E-state index is 0.0857. The molecular weight excluding hydrogens is 471 g/mol. The van der Waals surface area contributed by atoms with E-state index in [2.05, 4.69) is 17.0 Å². The Morgan fingerprint density at radius 2 is 2.05 bits per heavy atom. The third kappa shape index (κ3) is 6.24. The number of carbonyl (C=O) groups excluding carboxylic acids is 2. The van der Waals surface area contributed by atoms with Gasteiger partial charge in [0.2, 0.25) is 0 Å². The SMILES string of the molecule is CCCC(C)N(C)C(=O)c1cc(CC)n2nc(-c3ccc(CC(=O)CCC4CCCO4)cc3F)cc2n1. The zero-order valence-corrected chi connectivity index (χ0v) is 22.3. The molecule has 1 fully saturated rings. The predicted molar refractivity (Wildman–Crippen MR) is 141 cm³/mol. The topological polar surface area (TPSA) is 76.8 Å². The van der Waals surface area contributed by atoms with Crippen molar-refractivity contribution in [2.24, 2.45) is 0 Å². The van der Waals surface area contributed by atoms with E-state index in [9.17, 15) is 9.59 Å². The maximum Gasteiger partial charge on any atom is 0.272 e. The monoisotopic (exact) mass is 508 g/mol. The van der Waals surface area contributed by atoms with Gasteiger partial charge in [0.1, 0.15) is 17.3 Å². The largest absolute Gasteiger partial charge is 0.378 e. The van der Waals surface area contributed by atoms with Crippen molar-refractivity contribution in [2.75, 3.05) is 13.7 Å². The molecule has 4 rings (SSSR count). The number of hydrogen-bond acceptors (Lipinski definition) is 5. The van der Waals surface area contributed by atoms with E-state index >= 15 is 4.39 Å². The molecule has 2 atom stereocenters. The van der Waals surface area contributed by atoms with E-state index in [0.717, 1.165) is 44.4 Å². The number of rotatable bonds is 11. The summed E-state index contributed by atoms with van der Waals surface area (Å²) in [5, 5.41) is 4.60. The Kier molecular flexibility index (Phi) is 8.69. The lowest BCUT2D eigenvalue weighted by Gasteiger charge is -2.24. The Morgan fingerprint density at radius 1 is 1.24 bits per heavy atom. The maximum atomic E-state index is 15.1. The molecule has 198 valence electrons. The minimum Gasteiger partial charge on any atom is -0.378 e. The Balaban J connectivity index is 1.53. The first-order valence-corrected chi connectivity index (χ1v) is 13.4. The summed E-state index contributed by atoms with van der Waals surface area (Å²) in [5.41, 5.74) is 3.11. The van der Waals surface area contributed by atoms with Crippen LogP contribution in [0.15, 0.2) is 30.3 Å². The molecule has 37 heavy (non-hydrogen) atoms. The lowest BCUT2D eigenvalue weighted by atomic mass is 10.0. The van der Waals surface area contributed by atoms with Gasteiger partial charge in [-0.1, -0.05) is 26.3 Å². The molecule has 0 radical (unpaired) electrons. The number of carbonyl (C=O) groups is 2. The number of aryl methyl sites for hydroxylation is 1. The summed E-state index contributed by atoms with van der Waals surface area (Å²) < 4.78 is 22.4. The highest BCUT2D eigenvalue weighted by molar-refractivity contribution is 5.93. The fourth-order valence-electron chi connectivity index (χ4n) is 4.91. The van der Waals surface area contributed by atoms with Crippen LogP contribution in [-0.4, -0.2) is 57.0 Å². The van der Waals surface area contributed by atoms with E-state index in [1.807, 2.05) is 13.8 Å². The zero-order valence-electron chi connectivity index (χ0n) is 22.3. The molecule has 0 spiro atoms. The van der Waals surface area contributed by atoms with Gasteiger partial charge in [-0.2, -0.15) is 5.10 Å². The number of hydrogen-bond donors (Lipinski definition) is 0. The quantitative estimate of drug-likeness (QED) is 0.345. The molecule has 1 aliphatic rings. The number of ketones is 1. The molecule has 2 unspecified atom stereocenters. The smallest absolute Gasteiger partial charge is 0.272 e. The molecule has 1 saturated heterocycles. The second kappa shape index (κ2) is 11.9.